The lowest BCUT2D eigenvalue weighted by atomic mass is 10.2. The van der Waals surface area contributed by atoms with Crippen molar-refractivity contribution in [2.24, 2.45) is 10.2 Å². The molecular formula is C15H12N4O2. The van der Waals surface area contributed by atoms with Crippen molar-refractivity contribution in [3.8, 4) is 5.88 Å². The minimum absolute atomic E-state index is 0.103. The smallest absolute Gasteiger partial charge is 0.269 e. The van der Waals surface area contributed by atoms with Gasteiger partial charge in [0.15, 0.2) is 5.69 Å². The topological polar surface area (TPSA) is 90.7 Å². The van der Waals surface area contributed by atoms with Crippen LogP contribution in [-0.2, 0) is 11.2 Å². The Bertz CT molecular complexity index is 809. The first-order chi connectivity index (χ1) is 10.2. The summed E-state index contributed by atoms with van der Waals surface area (Å²) in [5.74, 6) is -0.498. The van der Waals surface area contributed by atoms with Crippen molar-refractivity contribution in [2.75, 3.05) is 0 Å². The highest BCUT2D eigenvalue weighted by Crippen LogP contribution is 2.35. The van der Waals surface area contributed by atoms with E-state index in [4.69, 9.17) is 0 Å². The third-order valence-corrected chi connectivity index (χ3v) is 3.00. The van der Waals surface area contributed by atoms with Gasteiger partial charge in [-0.2, -0.15) is 0 Å². The molecule has 2 aromatic heterocycles. The van der Waals surface area contributed by atoms with Crippen molar-refractivity contribution in [3.63, 3.8) is 0 Å². The number of pyridine rings is 1. The number of H-pyrrole nitrogens is 1. The van der Waals surface area contributed by atoms with Gasteiger partial charge >= 0.3 is 0 Å². The van der Waals surface area contributed by atoms with Gasteiger partial charge < -0.3 is 10.1 Å². The number of benzene rings is 1. The number of nitrogens with one attached hydrogen (secondary N) is 1. The number of azo groups is 1. The number of aromatic nitrogens is 2. The van der Waals surface area contributed by atoms with Crippen LogP contribution in [0.25, 0.3) is 10.9 Å². The summed E-state index contributed by atoms with van der Waals surface area (Å²) >= 11 is 0. The maximum Gasteiger partial charge on any atom is 0.269 e. The van der Waals surface area contributed by atoms with Crippen LogP contribution in [0.3, 0.4) is 0 Å². The van der Waals surface area contributed by atoms with Crippen LogP contribution in [0, 0.1) is 0 Å². The molecule has 0 aliphatic carbocycles. The van der Waals surface area contributed by atoms with Crippen LogP contribution in [0.1, 0.15) is 5.56 Å². The molecule has 0 aliphatic heterocycles. The summed E-state index contributed by atoms with van der Waals surface area (Å²) in [7, 11) is 0. The molecule has 0 unspecified atom stereocenters. The molecule has 0 aliphatic rings. The number of nitrogens with zero attached hydrogens (tertiary/aromatic N) is 3. The van der Waals surface area contributed by atoms with E-state index in [-0.39, 0.29) is 18.0 Å². The molecule has 1 aromatic carbocycles. The number of hydrogen-bond acceptors (Lipinski definition) is 4. The summed E-state index contributed by atoms with van der Waals surface area (Å²) < 4.78 is 0. The minimum atomic E-state index is -0.396. The molecule has 0 spiro atoms. The van der Waals surface area contributed by atoms with Crippen molar-refractivity contribution < 1.29 is 9.90 Å². The lowest BCUT2D eigenvalue weighted by Gasteiger charge is -1.95. The van der Waals surface area contributed by atoms with Crippen molar-refractivity contribution in [2.45, 2.75) is 6.42 Å². The van der Waals surface area contributed by atoms with E-state index in [2.05, 4.69) is 20.2 Å². The third-order valence-electron chi connectivity index (χ3n) is 3.00. The van der Waals surface area contributed by atoms with E-state index in [1.807, 2.05) is 18.2 Å². The third kappa shape index (κ3) is 2.79. The Kier molecular flexibility index (Phi) is 3.42. The van der Waals surface area contributed by atoms with Crippen LogP contribution in [0.5, 0.6) is 5.88 Å². The Balaban J connectivity index is 1.81. The highest BCUT2D eigenvalue weighted by Gasteiger charge is 2.10. The summed E-state index contributed by atoms with van der Waals surface area (Å²) in [4.78, 5) is 18.5. The summed E-state index contributed by atoms with van der Waals surface area (Å²) in [5, 5.41) is 18.0. The van der Waals surface area contributed by atoms with Gasteiger partial charge in [-0.3, -0.25) is 9.78 Å². The SMILES string of the molecule is O=C(Cc1cccnc1)N=Nc1c(O)[nH]c2ccccc12. The van der Waals surface area contributed by atoms with Gasteiger partial charge in [0.1, 0.15) is 0 Å². The highest BCUT2D eigenvalue weighted by atomic mass is 16.3. The molecule has 3 aromatic rings. The molecule has 0 fully saturated rings. The molecule has 6 nitrogen and oxygen atoms in total. The number of fused-ring (bicyclic) bond motifs is 1. The number of carbonyl (C=O) groups excluding carboxylic acids is 1. The summed E-state index contributed by atoms with van der Waals surface area (Å²) in [6.07, 6.45) is 3.37. The molecule has 6 heteroatoms. The van der Waals surface area contributed by atoms with Gasteiger partial charge in [0, 0.05) is 17.8 Å². The normalized spacial score (nSPS) is 11.2. The number of hydrogen-bond donors (Lipinski definition) is 2. The Morgan fingerprint density at radius 1 is 1.24 bits per heavy atom. The Morgan fingerprint density at radius 2 is 2.10 bits per heavy atom. The number of carbonyl (C=O) groups is 1. The second-order valence-electron chi connectivity index (χ2n) is 4.50. The first kappa shape index (κ1) is 13.0. The standard InChI is InChI=1S/C15H12N4O2/c20-13(8-10-4-3-7-16-9-10)18-19-14-11-5-1-2-6-12(11)17-15(14)21/h1-7,9,17,21H,8H2. The summed E-state index contributed by atoms with van der Waals surface area (Å²) in [5.41, 5.74) is 1.78. The van der Waals surface area contributed by atoms with Gasteiger partial charge in [0.2, 0.25) is 5.88 Å². The lowest BCUT2D eigenvalue weighted by molar-refractivity contribution is -0.117. The maximum atomic E-state index is 11.8. The van der Waals surface area contributed by atoms with Crippen LogP contribution < -0.4 is 0 Å². The van der Waals surface area contributed by atoms with Crippen LogP contribution in [0.2, 0.25) is 0 Å². The quantitative estimate of drug-likeness (QED) is 0.722. The van der Waals surface area contributed by atoms with E-state index in [9.17, 15) is 9.90 Å². The van der Waals surface area contributed by atoms with Crippen LogP contribution in [0.15, 0.2) is 59.0 Å². The molecule has 0 saturated carbocycles. The lowest BCUT2D eigenvalue weighted by Crippen LogP contribution is -1.97. The van der Waals surface area contributed by atoms with E-state index in [1.165, 1.54) is 0 Å². The predicted octanol–water partition coefficient (Wildman–Crippen LogP) is 3.12. The fraction of sp³-hybridized carbons (Fsp3) is 0.0667. The maximum absolute atomic E-state index is 11.8. The van der Waals surface area contributed by atoms with Crippen molar-refractivity contribution >= 4 is 22.5 Å². The largest absolute Gasteiger partial charge is 0.493 e. The van der Waals surface area contributed by atoms with Crippen molar-refractivity contribution in [1.82, 2.24) is 9.97 Å². The van der Waals surface area contributed by atoms with Crippen molar-refractivity contribution in [1.29, 1.82) is 0 Å². The zero-order valence-electron chi connectivity index (χ0n) is 11.0. The van der Waals surface area contributed by atoms with E-state index in [1.54, 1.807) is 30.6 Å². The number of rotatable bonds is 3. The molecule has 3 rings (SSSR count). The monoisotopic (exact) mass is 280 g/mol. The molecule has 104 valence electrons. The number of aromatic hydroxyl groups is 1. The number of amides is 1. The van der Waals surface area contributed by atoms with Gasteiger partial charge in [0.25, 0.3) is 5.91 Å². The zero-order chi connectivity index (χ0) is 14.7. The fourth-order valence-corrected chi connectivity index (χ4v) is 2.03. The average molecular weight is 280 g/mol. The van der Waals surface area contributed by atoms with Gasteiger partial charge in [-0.05, 0) is 17.7 Å². The van der Waals surface area contributed by atoms with Gasteiger partial charge in [-0.15, -0.1) is 10.2 Å². The summed E-state index contributed by atoms with van der Waals surface area (Å²) in [6, 6.07) is 10.8. The minimum Gasteiger partial charge on any atom is -0.493 e. The second-order valence-corrected chi connectivity index (χ2v) is 4.50. The van der Waals surface area contributed by atoms with Gasteiger partial charge in [-0.25, -0.2) is 0 Å². The van der Waals surface area contributed by atoms with E-state index >= 15 is 0 Å². The van der Waals surface area contributed by atoms with Crippen molar-refractivity contribution in [3.05, 3.63) is 54.4 Å². The molecule has 1 amide bonds. The molecular weight excluding hydrogens is 268 g/mol. The second kappa shape index (κ2) is 5.54. The number of para-hydroxylation sites is 1. The molecule has 0 bridgehead atoms. The van der Waals surface area contributed by atoms with E-state index < -0.39 is 5.91 Å². The first-order valence-electron chi connectivity index (χ1n) is 6.37. The predicted molar refractivity (Wildman–Crippen MR) is 77.4 cm³/mol. The molecule has 0 saturated heterocycles. The Morgan fingerprint density at radius 3 is 2.90 bits per heavy atom. The fourth-order valence-electron chi connectivity index (χ4n) is 2.03. The Labute approximate surface area is 120 Å². The van der Waals surface area contributed by atoms with E-state index in [0.29, 0.717) is 5.39 Å². The molecule has 0 radical (unpaired) electrons. The van der Waals surface area contributed by atoms with Crippen LogP contribution >= 0.6 is 0 Å². The first-order valence-corrected chi connectivity index (χ1v) is 6.37. The highest BCUT2D eigenvalue weighted by molar-refractivity contribution is 5.94. The molecule has 21 heavy (non-hydrogen) atoms. The van der Waals surface area contributed by atoms with Crippen LogP contribution in [-0.4, -0.2) is 21.0 Å². The Hall–Kier alpha value is -3.02. The molecule has 2 N–H and O–H groups in total. The summed E-state index contributed by atoms with van der Waals surface area (Å²) in [6.45, 7) is 0. The van der Waals surface area contributed by atoms with Gasteiger partial charge in [0.05, 0.1) is 11.9 Å². The zero-order valence-corrected chi connectivity index (χ0v) is 11.0. The van der Waals surface area contributed by atoms with Crippen LogP contribution in [0.4, 0.5) is 5.69 Å². The average Bonchev–Trinajstić information content (AvgIpc) is 2.81. The number of aromatic amines is 1. The van der Waals surface area contributed by atoms with E-state index in [0.717, 1.165) is 11.1 Å². The molecule has 0 atom stereocenters. The van der Waals surface area contributed by atoms with Gasteiger partial charge in [-0.1, -0.05) is 24.3 Å². The molecule has 2 heterocycles.